The highest BCUT2D eigenvalue weighted by molar-refractivity contribution is 6.27. The summed E-state index contributed by atoms with van der Waals surface area (Å²) >= 11 is 0. The van der Waals surface area contributed by atoms with Crippen LogP contribution in [0.5, 0.6) is 0 Å². The molecule has 2 heteroatoms. The van der Waals surface area contributed by atoms with Gasteiger partial charge in [0.1, 0.15) is 11.2 Å². The van der Waals surface area contributed by atoms with Crippen LogP contribution in [0.1, 0.15) is 12.5 Å². The van der Waals surface area contributed by atoms with Crippen molar-refractivity contribution in [1.29, 1.82) is 0 Å². The number of aromatic nitrogens is 1. The molecule has 0 saturated heterocycles. The van der Waals surface area contributed by atoms with Crippen molar-refractivity contribution in [3.05, 3.63) is 90.5 Å². The van der Waals surface area contributed by atoms with Gasteiger partial charge in [-0.15, -0.1) is 0 Å². The second-order valence-corrected chi connectivity index (χ2v) is 7.27. The van der Waals surface area contributed by atoms with E-state index in [1.54, 1.807) is 0 Å². The van der Waals surface area contributed by atoms with E-state index < -0.39 is 0 Å². The van der Waals surface area contributed by atoms with Crippen LogP contribution in [-0.2, 0) is 6.42 Å². The smallest absolute Gasteiger partial charge is 0.138 e. The highest BCUT2D eigenvalue weighted by atomic mass is 16.3. The van der Waals surface area contributed by atoms with Crippen molar-refractivity contribution in [1.82, 2.24) is 4.57 Å². The first-order chi connectivity index (χ1) is 13.9. The molecule has 134 valence electrons. The Balaban J connectivity index is 1.89. The maximum atomic E-state index is 6.34. The summed E-state index contributed by atoms with van der Waals surface area (Å²) in [5, 5.41) is 4.95. The maximum Gasteiger partial charge on any atom is 0.138 e. The molecule has 4 aromatic carbocycles. The number of hydrogen-bond donors (Lipinski definition) is 0. The first-order valence-electron chi connectivity index (χ1n) is 9.78. The molecule has 0 aliphatic heterocycles. The van der Waals surface area contributed by atoms with Gasteiger partial charge in [0.2, 0.25) is 0 Å². The van der Waals surface area contributed by atoms with Gasteiger partial charge in [0, 0.05) is 27.2 Å². The summed E-state index contributed by atoms with van der Waals surface area (Å²) in [5.41, 5.74) is 6.84. The number of nitrogens with zero attached hydrogens (tertiary/aromatic N) is 1. The molecular weight excluding hydrogens is 342 g/mol. The average Bonchev–Trinajstić information content (AvgIpc) is 3.29. The Morgan fingerprint density at radius 2 is 1.46 bits per heavy atom. The Hall–Kier alpha value is -3.52. The van der Waals surface area contributed by atoms with E-state index >= 15 is 0 Å². The van der Waals surface area contributed by atoms with Gasteiger partial charge in [-0.25, -0.2) is 0 Å². The van der Waals surface area contributed by atoms with Gasteiger partial charge in [0.05, 0.1) is 11.0 Å². The van der Waals surface area contributed by atoms with Crippen LogP contribution in [0, 0.1) is 0 Å². The summed E-state index contributed by atoms with van der Waals surface area (Å²) in [6, 6.07) is 30.0. The second kappa shape index (κ2) is 5.74. The lowest BCUT2D eigenvalue weighted by Crippen LogP contribution is -1.92. The lowest BCUT2D eigenvalue weighted by atomic mass is 10.0. The van der Waals surface area contributed by atoms with Gasteiger partial charge >= 0.3 is 0 Å². The molecule has 0 spiro atoms. The zero-order chi connectivity index (χ0) is 18.7. The Bertz CT molecular complexity index is 1490. The summed E-state index contributed by atoms with van der Waals surface area (Å²) in [6.45, 7) is 2.18. The van der Waals surface area contributed by atoms with Crippen LogP contribution < -0.4 is 0 Å². The molecule has 2 heterocycles. The van der Waals surface area contributed by atoms with Gasteiger partial charge in [-0.2, -0.15) is 0 Å². The van der Waals surface area contributed by atoms with Crippen molar-refractivity contribution >= 4 is 43.7 Å². The summed E-state index contributed by atoms with van der Waals surface area (Å²) in [6.07, 6.45) is 0.964. The Labute approximate surface area is 162 Å². The van der Waals surface area contributed by atoms with Crippen LogP contribution in [0.15, 0.2) is 89.3 Å². The molecule has 0 aliphatic carbocycles. The zero-order valence-corrected chi connectivity index (χ0v) is 15.6. The van der Waals surface area contributed by atoms with Crippen molar-refractivity contribution in [3.8, 4) is 5.69 Å². The van der Waals surface area contributed by atoms with Crippen molar-refractivity contribution in [2.24, 2.45) is 0 Å². The van der Waals surface area contributed by atoms with E-state index in [1.165, 1.54) is 43.8 Å². The van der Waals surface area contributed by atoms with Crippen LogP contribution in [0.2, 0.25) is 0 Å². The molecule has 6 rings (SSSR count). The van der Waals surface area contributed by atoms with Crippen molar-refractivity contribution in [2.75, 3.05) is 0 Å². The Morgan fingerprint density at radius 1 is 0.679 bits per heavy atom. The lowest BCUT2D eigenvalue weighted by Gasteiger charge is -2.07. The van der Waals surface area contributed by atoms with Crippen molar-refractivity contribution in [2.45, 2.75) is 13.3 Å². The van der Waals surface area contributed by atoms with E-state index in [4.69, 9.17) is 4.42 Å². The summed E-state index contributed by atoms with van der Waals surface area (Å²) in [5.74, 6) is 0. The van der Waals surface area contributed by atoms with Crippen molar-refractivity contribution in [3.63, 3.8) is 0 Å². The van der Waals surface area contributed by atoms with E-state index in [0.717, 1.165) is 17.6 Å². The third-order valence-corrected chi connectivity index (χ3v) is 5.77. The average molecular weight is 361 g/mol. The summed E-state index contributed by atoms with van der Waals surface area (Å²) in [7, 11) is 0. The van der Waals surface area contributed by atoms with Crippen LogP contribution >= 0.6 is 0 Å². The molecule has 0 fully saturated rings. The largest absolute Gasteiger partial charge is 0.456 e. The highest BCUT2D eigenvalue weighted by Crippen LogP contribution is 2.41. The fourth-order valence-electron chi connectivity index (χ4n) is 4.54. The molecule has 0 saturated carbocycles. The number of para-hydroxylation sites is 3. The van der Waals surface area contributed by atoms with Crippen LogP contribution in [0.4, 0.5) is 0 Å². The minimum Gasteiger partial charge on any atom is -0.456 e. The van der Waals surface area contributed by atoms with E-state index in [2.05, 4.69) is 96.4 Å². The van der Waals surface area contributed by atoms with Gasteiger partial charge < -0.3 is 8.98 Å². The fourth-order valence-corrected chi connectivity index (χ4v) is 4.54. The topological polar surface area (TPSA) is 18.1 Å². The SMILES string of the molecule is CCc1cccc2c1oc1ccc3c(c4ccccc4n3-c3ccccc3)c12. The minimum absolute atomic E-state index is 0.958. The predicted octanol–water partition coefficient (Wildman–Crippen LogP) is 7.25. The zero-order valence-electron chi connectivity index (χ0n) is 15.6. The molecule has 0 bridgehead atoms. The predicted molar refractivity (Wildman–Crippen MR) is 117 cm³/mol. The molecular formula is C26H19NO. The molecule has 0 unspecified atom stereocenters. The normalized spacial score (nSPS) is 11.9. The highest BCUT2D eigenvalue weighted by Gasteiger charge is 2.18. The van der Waals surface area contributed by atoms with E-state index in [0.29, 0.717) is 0 Å². The van der Waals surface area contributed by atoms with E-state index in [9.17, 15) is 0 Å². The minimum atomic E-state index is 0.958. The monoisotopic (exact) mass is 361 g/mol. The molecule has 0 amide bonds. The van der Waals surface area contributed by atoms with E-state index in [1.807, 2.05) is 0 Å². The van der Waals surface area contributed by atoms with Gasteiger partial charge in [-0.05, 0) is 42.3 Å². The van der Waals surface area contributed by atoms with E-state index in [-0.39, 0.29) is 0 Å². The number of fused-ring (bicyclic) bond motifs is 7. The van der Waals surface area contributed by atoms with Crippen LogP contribution in [-0.4, -0.2) is 4.57 Å². The summed E-state index contributed by atoms with van der Waals surface area (Å²) in [4.78, 5) is 0. The standard InChI is InChI=1S/C26H19NO/c1-2-17-9-8-13-20-25-23(28-26(17)20)16-15-22-24(25)19-12-6-7-14-21(19)27(22)18-10-4-3-5-11-18/h3-16H,2H2,1H3. The molecule has 0 atom stereocenters. The second-order valence-electron chi connectivity index (χ2n) is 7.27. The molecule has 6 aromatic rings. The lowest BCUT2D eigenvalue weighted by molar-refractivity contribution is 0.663. The third-order valence-electron chi connectivity index (χ3n) is 5.77. The molecule has 2 nitrogen and oxygen atoms in total. The maximum absolute atomic E-state index is 6.34. The van der Waals surface area contributed by atoms with Crippen LogP contribution in [0.3, 0.4) is 0 Å². The summed E-state index contributed by atoms with van der Waals surface area (Å²) < 4.78 is 8.69. The quantitative estimate of drug-likeness (QED) is 0.318. The number of hydrogen-bond acceptors (Lipinski definition) is 1. The number of furan rings is 1. The Kier molecular flexibility index (Phi) is 3.18. The van der Waals surface area contributed by atoms with Gasteiger partial charge in [-0.3, -0.25) is 0 Å². The fraction of sp³-hybridized carbons (Fsp3) is 0.0769. The molecule has 0 N–H and O–H groups in total. The molecule has 0 aliphatic rings. The first kappa shape index (κ1) is 15.5. The number of benzene rings is 4. The third kappa shape index (κ3) is 1.97. The van der Waals surface area contributed by atoms with Crippen molar-refractivity contribution < 1.29 is 4.42 Å². The van der Waals surface area contributed by atoms with Gasteiger partial charge in [0.25, 0.3) is 0 Å². The molecule has 0 radical (unpaired) electrons. The molecule has 2 aromatic heterocycles. The number of aryl methyl sites for hydroxylation is 1. The van der Waals surface area contributed by atoms with Gasteiger partial charge in [-0.1, -0.05) is 61.5 Å². The molecule has 28 heavy (non-hydrogen) atoms. The first-order valence-corrected chi connectivity index (χ1v) is 9.78. The number of rotatable bonds is 2. The van der Waals surface area contributed by atoms with Gasteiger partial charge in [0.15, 0.2) is 0 Å². The van der Waals surface area contributed by atoms with Crippen LogP contribution in [0.25, 0.3) is 49.4 Å². The Morgan fingerprint density at radius 3 is 2.32 bits per heavy atom.